The summed E-state index contributed by atoms with van der Waals surface area (Å²) in [5, 5.41) is 3.01. The molecular formula is C24H28N4O2. The second-order valence-electron chi connectivity index (χ2n) is 8.02. The molecule has 1 saturated heterocycles. The second-order valence-corrected chi connectivity index (χ2v) is 8.02. The summed E-state index contributed by atoms with van der Waals surface area (Å²) in [7, 11) is 0. The zero-order chi connectivity index (χ0) is 21.1. The Hall–Kier alpha value is -3.15. The summed E-state index contributed by atoms with van der Waals surface area (Å²) in [4.78, 5) is 32.6. The van der Waals surface area contributed by atoms with Gasteiger partial charge >= 0.3 is 0 Å². The van der Waals surface area contributed by atoms with E-state index in [0.717, 1.165) is 30.6 Å². The molecule has 0 radical (unpaired) electrons. The van der Waals surface area contributed by atoms with Crippen LogP contribution in [0.4, 0.5) is 0 Å². The lowest BCUT2D eigenvalue weighted by Crippen LogP contribution is -2.31. The minimum Gasteiger partial charge on any atom is -0.350 e. The van der Waals surface area contributed by atoms with Crippen LogP contribution < -0.4 is 5.32 Å². The number of imidazole rings is 1. The molecule has 0 bridgehead atoms. The van der Waals surface area contributed by atoms with E-state index in [9.17, 15) is 9.59 Å². The molecule has 3 aromatic rings. The number of pyridine rings is 1. The van der Waals surface area contributed by atoms with Gasteiger partial charge in [0.1, 0.15) is 5.82 Å². The molecular weight excluding hydrogens is 376 g/mol. The summed E-state index contributed by atoms with van der Waals surface area (Å²) in [6.07, 6.45) is 4.68. The van der Waals surface area contributed by atoms with Gasteiger partial charge in [-0.15, -0.1) is 0 Å². The Balaban J connectivity index is 1.67. The van der Waals surface area contributed by atoms with Crippen molar-refractivity contribution in [1.29, 1.82) is 0 Å². The van der Waals surface area contributed by atoms with Crippen molar-refractivity contribution in [2.24, 2.45) is 5.92 Å². The van der Waals surface area contributed by atoms with Gasteiger partial charge in [0.25, 0.3) is 11.8 Å². The summed E-state index contributed by atoms with van der Waals surface area (Å²) in [6.45, 7) is 5.54. The van der Waals surface area contributed by atoms with Crippen molar-refractivity contribution in [2.75, 3.05) is 13.1 Å². The number of nitrogens with zero attached hydrogens (tertiary/aromatic N) is 3. The number of nitrogens with one attached hydrogen (secondary N) is 1. The average molecular weight is 405 g/mol. The fraction of sp³-hybridized carbons (Fsp3) is 0.375. The van der Waals surface area contributed by atoms with E-state index < -0.39 is 0 Å². The molecule has 30 heavy (non-hydrogen) atoms. The lowest BCUT2D eigenvalue weighted by atomic mass is 10.1. The standard InChI is InChI=1S/C24H28N4O2/c1-3-17(2)16-25-23(29)21-19-12-7-8-14-27(19)22(26-21)20-13-9-15-28(20)24(30)18-10-5-4-6-11-18/h4-8,10-12,14,17,20H,3,9,13,15-16H2,1-2H3,(H,25,29)/t17-,20-/m1/s1. The number of likely N-dealkylation sites (tertiary alicyclic amines) is 1. The molecule has 2 atom stereocenters. The number of fused-ring (bicyclic) bond motifs is 1. The Bertz CT molecular complexity index is 1040. The zero-order valence-corrected chi connectivity index (χ0v) is 17.5. The first kappa shape index (κ1) is 20.1. The molecule has 4 rings (SSSR count). The molecule has 0 unspecified atom stereocenters. The molecule has 6 heteroatoms. The van der Waals surface area contributed by atoms with Crippen molar-refractivity contribution in [3.05, 3.63) is 71.8 Å². The molecule has 2 aromatic heterocycles. The van der Waals surface area contributed by atoms with Gasteiger partial charge in [-0.25, -0.2) is 4.98 Å². The van der Waals surface area contributed by atoms with E-state index in [2.05, 4.69) is 19.2 Å². The second kappa shape index (κ2) is 8.69. The third kappa shape index (κ3) is 3.82. The van der Waals surface area contributed by atoms with Crippen LogP contribution in [-0.4, -0.2) is 39.2 Å². The molecule has 0 aliphatic carbocycles. The number of carbonyl (C=O) groups is 2. The van der Waals surface area contributed by atoms with E-state index in [1.807, 2.05) is 64.0 Å². The lowest BCUT2D eigenvalue weighted by molar-refractivity contribution is 0.0729. The number of carbonyl (C=O) groups excluding carboxylic acids is 2. The van der Waals surface area contributed by atoms with Gasteiger partial charge in [0.15, 0.2) is 5.69 Å². The average Bonchev–Trinajstić information content (AvgIpc) is 3.42. The number of hydrogen-bond donors (Lipinski definition) is 1. The molecule has 1 aliphatic heterocycles. The molecule has 0 spiro atoms. The summed E-state index contributed by atoms with van der Waals surface area (Å²) < 4.78 is 1.96. The van der Waals surface area contributed by atoms with E-state index in [0.29, 0.717) is 30.3 Å². The molecule has 2 amide bonds. The predicted octanol–water partition coefficient (Wildman–Crippen LogP) is 4.09. The molecule has 1 aliphatic rings. The maximum absolute atomic E-state index is 13.1. The van der Waals surface area contributed by atoms with Gasteiger partial charge in [-0.1, -0.05) is 44.5 Å². The van der Waals surface area contributed by atoms with Crippen molar-refractivity contribution in [3.63, 3.8) is 0 Å². The quantitative estimate of drug-likeness (QED) is 0.673. The Morgan fingerprint density at radius 1 is 1.17 bits per heavy atom. The van der Waals surface area contributed by atoms with Crippen LogP contribution in [0.15, 0.2) is 54.7 Å². The van der Waals surface area contributed by atoms with Gasteiger partial charge < -0.3 is 14.6 Å². The van der Waals surface area contributed by atoms with Crippen molar-refractivity contribution >= 4 is 17.3 Å². The molecule has 1 aromatic carbocycles. The number of rotatable bonds is 6. The largest absolute Gasteiger partial charge is 0.350 e. The van der Waals surface area contributed by atoms with Gasteiger partial charge in [0, 0.05) is 24.8 Å². The van der Waals surface area contributed by atoms with Crippen LogP contribution in [0.2, 0.25) is 0 Å². The van der Waals surface area contributed by atoms with Crippen LogP contribution in [0.1, 0.15) is 65.8 Å². The van der Waals surface area contributed by atoms with Gasteiger partial charge in [-0.05, 0) is 43.0 Å². The molecule has 6 nitrogen and oxygen atoms in total. The van der Waals surface area contributed by atoms with Crippen LogP contribution in [0.3, 0.4) is 0 Å². The Morgan fingerprint density at radius 2 is 1.93 bits per heavy atom. The van der Waals surface area contributed by atoms with E-state index in [1.165, 1.54) is 0 Å². The van der Waals surface area contributed by atoms with Gasteiger partial charge in [-0.2, -0.15) is 0 Å². The lowest BCUT2D eigenvalue weighted by Gasteiger charge is -2.24. The van der Waals surface area contributed by atoms with Crippen LogP contribution in [0, 0.1) is 5.92 Å². The van der Waals surface area contributed by atoms with Gasteiger partial charge in [0.05, 0.1) is 11.6 Å². The Kier molecular flexibility index (Phi) is 5.84. The molecule has 3 heterocycles. The number of amides is 2. The highest BCUT2D eigenvalue weighted by Crippen LogP contribution is 2.33. The first-order chi connectivity index (χ1) is 14.6. The van der Waals surface area contributed by atoms with Crippen LogP contribution >= 0.6 is 0 Å². The summed E-state index contributed by atoms with van der Waals surface area (Å²) >= 11 is 0. The normalized spacial score (nSPS) is 17.3. The highest BCUT2D eigenvalue weighted by atomic mass is 16.2. The summed E-state index contributed by atoms with van der Waals surface area (Å²) in [6, 6.07) is 14.9. The molecule has 1 fully saturated rings. The number of aromatic nitrogens is 2. The zero-order valence-electron chi connectivity index (χ0n) is 17.5. The minimum atomic E-state index is -0.163. The minimum absolute atomic E-state index is 0.00792. The Morgan fingerprint density at radius 3 is 2.70 bits per heavy atom. The van der Waals surface area contributed by atoms with E-state index in [1.54, 1.807) is 0 Å². The number of hydrogen-bond acceptors (Lipinski definition) is 3. The summed E-state index contributed by atoms with van der Waals surface area (Å²) in [5.41, 5.74) is 1.87. The third-order valence-corrected chi connectivity index (χ3v) is 5.93. The van der Waals surface area contributed by atoms with Crippen LogP contribution in [0.5, 0.6) is 0 Å². The van der Waals surface area contributed by atoms with Crippen LogP contribution in [-0.2, 0) is 0 Å². The predicted molar refractivity (Wildman–Crippen MR) is 116 cm³/mol. The first-order valence-electron chi connectivity index (χ1n) is 10.7. The van der Waals surface area contributed by atoms with Crippen molar-refractivity contribution < 1.29 is 9.59 Å². The monoisotopic (exact) mass is 404 g/mol. The fourth-order valence-electron chi connectivity index (χ4n) is 3.98. The maximum Gasteiger partial charge on any atom is 0.272 e. The SMILES string of the molecule is CC[C@@H](C)CNC(=O)c1nc([C@H]2CCCN2C(=O)c2ccccc2)n2ccccc12. The topological polar surface area (TPSA) is 66.7 Å². The van der Waals surface area contributed by atoms with E-state index in [-0.39, 0.29) is 17.9 Å². The van der Waals surface area contributed by atoms with Crippen molar-refractivity contribution in [1.82, 2.24) is 19.6 Å². The highest BCUT2D eigenvalue weighted by molar-refractivity contribution is 5.99. The van der Waals surface area contributed by atoms with Gasteiger partial charge in [-0.3, -0.25) is 9.59 Å². The number of benzene rings is 1. The van der Waals surface area contributed by atoms with Crippen molar-refractivity contribution in [2.45, 2.75) is 39.2 Å². The van der Waals surface area contributed by atoms with E-state index in [4.69, 9.17) is 4.98 Å². The first-order valence-corrected chi connectivity index (χ1v) is 10.7. The van der Waals surface area contributed by atoms with Gasteiger partial charge in [0.2, 0.25) is 0 Å². The maximum atomic E-state index is 13.1. The highest BCUT2D eigenvalue weighted by Gasteiger charge is 2.34. The van der Waals surface area contributed by atoms with E-state index >= 15 is 0 Å². The van der Waals surface area contributed by atoms with Crippen LogP contribution in [0.25, 0.3) is 5.52 Å². The summed E-state index contributed by atoms with van der Waals surface area (Å²) in [5.74, 6) is 1.01. The third-order valence-electron chi connectivity index (χ3n) is 5.93. The Labute approximate surface area is 176 Å². The fourth-order valence-corrected chi connectivity index (χ4v) is 3.98. The molecule has 156 valence electrons. The molecule has 1 N–H and O–H groups in total. The van der Waals surface area contributed by atoms with Crippen molar-refractivity contribution in [3.8, 4) is 0 Å². The smallest absolute Gasteiger partial charge is 0.272 e. The molecule has 0 saturated carbocycles.